The maximum absolute atomic E-state index is 4.58. The molecular weight excluding hydrogens is 488 g/mol. The molecule has 3 heterocycles. The van der Waals surface area contributed by atoms with Gasteiger partial charge in [-0.3, -0.25) is 9.58 Å². The van der Waals surface area contributed by atoms with Crippen LogP contribution in [0.15, 0.2) is 53.3 Å². The monoisotopic (exact) mass is 522 g/mol. The average Bonchev–Trinajstić information content (AvgIpc) is 3.39. The number of piperazine rings is 1. The van der Waals surface area contributed by atoms with Crippen LogP contribution in [0.2, 0.25) is 0 Å². The summed E-state index contributed by atoms with van der Waals surface area (Å²) >= 11 is 3.62. The Hall–Kier alpha value is -2.19. The zero-order chi connectivity index (χ0) is 23.5. The number of hydrogen-bond donors (Lipinski definition) is 2. The Kier molecular flexibility index (Phi) is 7.34. The van der Waals surface area contributed by atoms with E-state index in [9.17, 15) is 0 Å². The Morgan fingerprint density at radius 1 is 1.12 bits per heavy atom. The van der Waals surface area contributed by atoms with Crippen molar-refractivity contribution >= 4 is 37.7 Å². The Labute approximate surface area is 210 Å². The predicted octanol–water partition coefficient (Wildman–Crippen LogP) is 4.75. The van der Waals surface area contributed by atoms with E-state index < -0.39 is 0 Å². The first-order chi connectivity index (χ1) is 16.6. The van der Waals surface area contributed by atoms with E-state index in [2.05, 4.69) is 102 Å². The standard InChI is InChI=1S/C27H35BrN6/c1-3-34-26-8-5-21(13-25(26)24-7-6-23(28)14-27(24)34)15-29-9-4-11-33-19-22(16-31-33)18-32-12-10-30-20(2)17-32/h5-8,13-14,16,19-20,29-30H,3-4,9-12,15,17-18H2,1-2H3. The Morgan fingerprint density at radius 3 is 2.88 bits per heavy atom. The summed E-state index contributed by atoms with van der Waals surface area (Å²) in [7, 11) is 0. The zero-order valence-corrected chi connectivity index (χ0v) is 21.8. The maximum Gasteiger partial charge on any atom is 0.0534 e. The van der Waals surface area contributed by atoms with Crippen LogP contribution in [0.3, 0.4) is 0 Å². The topological polar surface area (TPSA) is 50.1 Å². The van der Waals surface area contributed by atoms with Crippen molar-refractivity contribution < 1.29 is 0 Å². The van der Waals surface area contributed by atoms with Crippen LogP contribution >= 0.6 is 15.9 Å². The Balaban J connectivity index is 1.13. The van der Waals surface area contributed by atoms with Crippen LogP contribution in [0.4, 0.5) is 0 Å². The summed E-state index contributed by atoms with van der Waals surface area (Å²) in [4.78, 5) is 2.51. The van der Waals surface area contributed by atoms with E-state index in [-0.39, 0.29) is 0 Å². The fourth-order valence-electron chi connectivity index (χ4n) is 5.19. The highest BCUT2D eigenvalue weighted by Gasteiger charge is 2.16. The number of benzene rings is 2. The second kappa shape index (κ2) is 10.6. The van der Waals surface area contributed by atoms with Crippen molar-refractivity contribution in [1.29, 1.82) is 0 Å². The van der Waals surface area contributed by atoms with Crippen LogP contribution in [-0.2, 0) is 26.2 Å². The molecule has 0 amide bonds. The second-order valence-corrected chi connectivity index (χ2v) is 10.4. The van der Waals surface area contributed by atoms with Gasteiger partial charge in [0, 0.05) is 84.4 Å². The molecule has 2 aromatic carbocycles. The van der Waals surface area contributed by atoms with E-state index in [4.69, 9.17) is 0 Å². The van der Waals surface area contributed by atoms with Crippen molar-refractivity contribution in [3.63, 3.8) is 0 Å². The Morgan fingerprint density at radius 2 is 2.03 bits per heavy atom. The highest BCUT2D eigenvalue weighted by Crippen LogP contribution is 2.31. The van der Waals surface area contributed by atoms with Gasteiger partial charge in [0.2, 0.25) is 0 Å². The molecule has 0 bridgehead atoms. The van der Waals surface area contributed by atoms with E-state index in [0.717, 1.165) is 63.3 Å². The largest absolute Gasteiger partial charge is 0.341 e. The summed E-state index contributed by atoms with van der Waals surface area (Å²) in [6.45, 7) is 12.5. The number of aromatic nitrogens is 3. The third-order valence-electron chi connectivity index (χ3n) is 6.82. The van der Waals surface area contributed by atoms with Gasteiger partial charge in [-0.1, -0.05) is 28.1 Å². The van der Waals surface area contributed by atoms with Crippen molar-refractivity contribution in [3.8, 4) is 0 Å². The molecule has 5 rings (SSSR count). The number of nitrogens with zero attached hydrogens (tertiary/aromatic N) is 4. The summed E-state index contributed by atoms with van der Waals surface area (Å²) in [5.74, 6) is 0. The summed E-state index contributed by atoms with van der Waals surface area (Å²) in [5, 5.41) is 14.4. The highest BCUT2D eigenvalue weighted by molar-refractivity contribution is 9.10. The van der Waals surface area contributed by atoms with Crippen LogP contribution in [0, 0.1) is 0 Å². The lowest BCUT2D eigenvalue weighted by molar-refractivity contribution is 0.199. The molecule has 4 aromatic rings. The fourth-order valence-corrected chi connectivity index (χ4v) is 5.54. The van der Waals surface area contributed by atoms with Crippen molar-refractivity contribution in [3.05, 3.63) is 64.4 Å². The van der Waals surface area contributed by atoms with Crippen LogP contribution in [-0.4, -0.2) is 51.5 Å². The number of rotatable bonds is 9. The van der Waals surface area contributed by atoms with Gasteiger partial charge in [-0.2, -0.15) is 5.10 Å². The quantitative estimate of drug-likeness (QED) is 0.311. The first kappa shape index (κ1) is 23.5. The van der Waals surface area contributed by atoms with Crippen LogP contribution in [0.25, 0.3) is 21.8 Å². The summed E-state index contributed by atoms with van der Waals surface area (Å²) in [6.07, 6.45) is 5.31. The minimum absolute atomic E-state index is 0.572. The zero-order valence-electron chi connectivity index (χ0n) is 20.2. The van der Waals surface area contributed by atoms with Crippen LogP contribution in [0.5, 0.6) is 0 Å². The minimum atomic E-state index is 0.572. The highest BCUT2D eigenvalue weighted by atomic mass is 79.9. The van der Waals surface area contributed by atoms with Gasteiger partial charge in [0.1, 0.15) is 0 Å². The lowest BCUT2D eigenvalue weighted by Gasteiger charge is -2.31. The number of nitrogens with one attached hydrogen (secondary N) is 2. The molecule has 180 valence electrons. The first-order valence-electron chi connectivity index (χ1n) is 12.5. The molecule has 34 heavy (non-hydrogen) atoms. The van der Waals surface area contributed by atoms with Gasteiger partial charge >= 0.3 is 0 Å². The van der Waals surface area contributed by atoms with E-state index >= 15 is 0 Å². The number of hydrogen-bond acceptors (Lipinski definition) is 4. The van der Waals surface area contributed by atoms with Gasteiger partial charge < -0.3 is 15.2 Å². The average molecular weight is 524 g/mol. The molecule has 0 aliphatic carbocycles. The van der Waals surface area contributed by atoms with Gasteiger partial charge in [-0.05, 0) is 56.6 Å². The van der Waals surface area contributed by atoms with Gasteiger partial charge in [0.05, 0.1) is 11.7 Å². The third-order valence-corrected chi connectivity index (χ3v) is 7.32. The van der Waals surface area contributed by atoms with Gasteiger partial charge in [-0.15, -0.1) is 0 Å². The normalized spacial score (nSPS) is 17.2. The van der Waals surface area contributed by atoms with E-state index in [1.165, 1.54) is 32.9 Å². The molecule has 1 aliphatic heterocycles. The Bertz CT molecular complexity index is 1260. The second-order valence-electron chi connectivity index (χ2n) is 9.49. The first-order valence-corrected chi connectivity index (χ1v) is 13.3. The predicted molar refractivity (Wildman–Crippen MR) is 144 cm³/mol. The van der Waals surface area contributed by atoms with Gasteiger partial charge in [0.25, 0.3) is 0 Å². The summed E-state index contributed by atoms with van der Waals surface area (Å²) in [5.41, 5.74) is 5.25. The van der Waals surface area contributed by atoms with Crippen molar-refractivity contribution in [2.24, 2.45) is 0 Å². The van der Waals surface area contributed by atoms with Crippen molar-refractivity contribution in [2.75, 3.05) is 26.2 Å². The smallest absolute Gasteiger partial charge is 0.0534 e. The third kappa shape index (κ3) is 5.23. The molecule has 1 unspecified atom stereocenters. The summed E-state index contributed by atoms with van der Waals surface area (Å²) in [6, 6.07) is 14.0. The van der Waals surface area contributed by atoms with Crippen molar-refractivity contribution in [1.82, 2.24) is 29.9 Å². The minimum Gasteiger partial charge on any atom is -0.341 e. The van der Waals surface area contributed by atoms with Gasteiger partial charge in [-0.25, -0.2) is 0 Å². The van der Waals surface area contributed by atoms with Crippen LogP contribution < -0.4 is 10.6 Å². The van der Waals surface area contributed by atoms with E-state index in [0.29, 0.717) is 6.04 Å². The molecule has 1 aliphatic rings. The molecule has 0 saturated carbocycles. The molecule has 1 fully saturated rings. The SMILES string of the molecule is CCn1c2ccc(CNCCCn3cc(CN4CCNC(C)C4)cn3)cc2c2ccc(Br)cc21. The van der Waals surface area contributed by atoms with E-state index in [1.54, 1.807) is 0 Å². The van der Waals surface area contributed by atoms with Crippen LogP contribution in [0.1, 0.15) is 31.4 Å². The number of fused-ring (bicyclic) bond motifs is 3. The van der Waals surface area contributed by atoms with Crippen molar-refractivity contribution in [2.45, 2.75) is 52.5 Å². The van der Waals surface area contributed by atoms with Gasteiger partial charge in [0.15, 0.2) is 0 Å². The molecule has 2 aromatic heterocycles. The molecule has 7 heteroatoms. The molecule has 6 nitrogen and oxygen atoms in total. The van der Waals surface area contributed by atoms with E-state index in [1.807, 2.05) is 6.20 Å². The molecule has 1 saturated heterocycles. The molecule has 2 N–H and O–H groups in total. The maximum atomic E-state index is 4.58. The lowest BCUT2D eigenvalue weighted by Crippen LogP contribution is -2.48. The number of aryl methyl sites for hydroxylation is 2. The molecule has 0 spiro atoms. The fraction of sp³-hybridized carbons (Fsp3) is 0.444. The summed E-state index contributed by atoms with van der Waals surface area (Å²) < 4.78 is 5.61. The lowest BCUT2D eigenvalue weighted by atomic mass is 10.1. The number of halogens is 1. The molecule has 0 radical (unpaired) electrons. The molecule has 1 atom stereocenters. The molecular formula is C27H35BrN6.